The van der Waals surface area contributed by atoms with Crippen LogP contribution < -0.4 is 10.5 Å². The third kappa shape index (κ3) is 4.57. The van der Waals surface area contributed by atoms with Crippen molar-refractivity contribution in [2.45, 2.75) is 19.5 Å². The van der Waals surface area contributed by atoms with Crippen molar-refractivity contribution in [3.05, 3.63) is 29.8 Å². The van der Waals surface area contributed by atoms with Crippen molar-refractivity contribution in [1.82, 2.24) is 0 Å². The highest BCUT2D eigenvalue weighted by atomic mass is 16.5. The number of methoxy groups -OCH3 is 1. The molecule has 7 heteroatoms. The van der Waals surface area contributed by atoms with Gasteiger partial charge in [0.1, 0.15) is 11.5 Å². The molecule has 0 aliphatic heterocycles. The predicted molar refractivity (Wildman–Crippen MR) is 76.4 cm³/mol. The van der Waals surface area contributed by atoms with Crippen molar-refractivity contribution in [2.24, 2.45) is 10.7 Å². The largest absolute Gasteiger partial charge is 0.496 e. The highest BCUT2D eigenvalue weighted by Crippen LogP contribution is 2.18. The van der Waals surface area contributed by atoms with Gasteiger partial charge in [0.05, 0.1) is 20.3 Å². The lowest BCUT2D eigenvalue weighted by molar-refractivity contribution is -0.140. The quantitative estimate of drug-likeness (QED) is 0.563. The van der Waals surface area contributed by atoms with Crippen LogP contribution in [0.1, 0.15) is 12.5 Å². The number of carbonyl (C=O) groups excluding carboxylic acids is 1. The molecule has 7 nitrogen and oxygen atoms in total. The van der Waals surface area contributed by atoms with E-state index in [1.54, 1.807) is 31.2 Å². The smallest absolute Gasteiger partial charge is 0.354 e. The Morgan fingerprint density at radius 3 is 2.62 bits per heavy atom. The van der Waals surface area contributed by atoms with Crippen molar-refractivity contribution in [3.8, 4) is 5.75 Å². The van der Waals surface area contributed by atoms with Gasteiger partial charge in [0.2, 0.25) is 0 Å². The monoisotopic (exact) mass is 294 g/mol. The van der Waals surface area contributed by atoms with Crippen LogP contribution in [0.5, 0.6) is 5.75 Å². The molecule has 0 saturated carbocycles. The van der Waals surface area contributed by atoms with Crippen molar-refractivity contribution >= 4 is 17.7 Å². The zero-order chi connectivity index (χ0) is 15.8. The van der Waals surface area contributed by atoms with E-state index in [2.05, 4.69) is 4.99 Å². The molecule has 0 amide bonds. The second-order valence-electron chi connectivity index (χ2n) is 4.05. The molecule has 1 unspecified atom stereocenters. The van der Waals surface area contributed by atoms with Crippen molar-refractivity contribution in [1.29, 1.82) is 0 Å². The lowest BCUT2D eigenvalue weighted by atomic mass is 10.1. The van der Waals surface area contributed by atoms with Crippen LogP contribution >= 0.6 is 0 Å². The van der Waals surface area contributed by atoms with Crippen LogP contribution in [-0.2, 0) is 20.9 Å². The SMILES string of the molecule is CCOC(=O)C(=NCc1ccccc1OC)C(N)C(=O)O. The van der Waals surface area contributed by atoms with Gasteiger partial charge in [0, 0.05) is 5.56 Å². The third-order valence-corrected chi connectivity index (χ3v) is 2.66. The molecular formula is C14H18N2O5. The molecule has 1 rings (SSSR count). The summed E-state index contributed by atoms with van der Waals surface area (Å²) in [4.78, 5) is 26.7. The van der Waals surface area contributed by atoms with Crippen LogP contribution in [-0.4, -0.2) is 42.5 Å². The van der Waals surface area contributed by atoms with Crippen molar-refractivity contribution in [2.75, 3.05) is 13.7 Å². The molecule has 0 aliphatic carbocycles. The number of aliphatic imine (C=N–C) groups is 1. The Hall–Kier alpha value is -2.41. The molecule has 0 fully saturated rings. The number of para-hydroxylation sites is 1. The van der Waals surface area contributed by atoms with Gasteiger partial charge in [-0.3, -0.25) is 9.79 Å². The molecule has 114 valence electrons. The summed E-state index contributed by atoms with van der Waals surface area (Å²) in [7, 11) is 1.51. The Morgan fingerprint density at radius 1 is 1.38 bits per heavy atom. The van der Waals surface area contributed by atoms with Gasteiger partial charge in [-0.15, -0.1) is 0 Å². The van der Waals surface area contributed by atoms with Gasteiger partial charge in [0.25, 0.3) is 0 Å². The molecule has 0 aromatic heterocycles. The maximum atomic E-state index is 11.7. The van der Waals surface area contributed by atoms with Gasteiger partial charge >= 0.3 is 11.9 Å². The molecule has 1 aromatic rings. The molecule has 0 aliphatic rings. The number of ether oxygens (including phenoxy) is 2. The second-order valence-corrected chi connectivity index (χ2v) is 4.05. The van der Waals surface area contributed by atoms with Crippen LogP contribution in [0.3, 0.4) is 0 Å². The van der Waals surface area contributed by atoms with E-state index in [4.69, 9.17) is 20.3 Å². The van der Waals surface area contributed by atoms with Crippen molar-refractivity contribution < 1.29 is 24.2 Å². The Bertz CT molecular complexity index is 542. The summed E-state index contributed by atoms with van der Waals surface area (Å²) in [6.07, 6.45) is 0. The molecular weight excluding hydrogens is 276 g/mol. The number of carbonyl (C=O) groups is 2. The Kier molecular flexibility index (Phi) is 6.35. The normalized spacial score (nSPS) is 12.6. The van der Waals surface area contributed by atoms with Crippen LogP contribution in [0.4, 0.5) is 0 Å². The van der Waals surface area contributed by atoms with Crippen LogP contribution in [0.2, 0.25) is 0 Å². The van der Waals surface area contributed by atoms with E-state index in [-0.39, 0.29) is 18.9 Å². The van der Waals surface area contributed by atoms with E-state index >= 15 is 0 Å². The lowest BCUT2D eigenvalue weighted by Crippen LogP contribution is -2.43. The number of aliphatic carboxylic acids is 1. The second kappa shape index (κ2) is 8.01. The first kappa shape index (κ1) is 16.6. The Morgan fingerprint density at radius 2 is 2.05 bits per heavy atom. The topological polar surface area (TPSA) is 111 Å². The summed E-state index contributed by atoms with van der Waals surface area (Å²) < 4.78 is 9.94. The molecule has 0 heterocycles. The molecule has 1 atom stereocenters. The minimum absolute atomic E-state index is 0.0686. The van der Waals surface area contributed by atoms with Crippen LogP contribution in [0.25, 0.3) is 0 Å². The summed E-state index contributed by atoms with van der Waals surface area (Å²) >= 11 is 0. The number of esters is 1. The number of carboxylic acids is 1. The fourth-order valence-electron chi connectivity index (χ4n) is 1.62. The number of nitrogens with zero attached hydrogens (tertiary/aromatic N) is 1. The molecule has 0 spiro atoms. The van der Waals surface area contributed by atoms with Crippen molar-refractivity contribution in [3.63, 3.8) is 0 Å². The minimum Gasteiger partial charge on any atom is -0.496 e. The number of nitrogens with two attached hydrogens (primary N) is 1. The van der Waals surface area contributed by atoms with E-state index in [9.17, 15) is 9.59 Å². The van der Waals surface area contributed by atoms with Gasteiger partial charge in [-0.05, 0) is 13.0 Å². The fraction of sp³-hybridized carbons (Fsp3) is 0.357. The van der Waals surface area contributed by atoms with Crippen LogP contribution in [0.15, 0.2) is 29.3 Å². The zero-order valence-electron chi connectivity index (χ0n) is 11.9. The Balaban J connectivity index is 3.02. The first-order chi connectivity index (χ1) is 10.0. The molecule has 21 heavy (non-hydrogen) atoms. The number of rotatable bonds is 7. The first-order valence-corrected chi connectivity index (χ1v) is 6.33. The fourth-order valence-corrected chi connectivity index (χ4v) is 1.62. The zero-order valence-corrected chi connectivity index (χ0v) is 11.9. The van der Waals surface area contributed by atoms with E-state index in [0.717, 1.165) is 0 Å². The standard InChI is InChI=1S/C14H18N2O5/c1-3-21-14(19)12(11(15)13(17)18)16-8-9-6-4-5-7-10(9)20-2/h4-7,11H,3,8,15H2,1-2H3,(H,17,18). The maximum absolute atomic E-state index is 11.7. The lowest BCUT2D eigenvalue weighted by Gasteiger charge is -2.11. The highest BCUT2D eigenvalue weighted by Gasteiger charge is 2.26. The maximum Gasteiger partial charge on any atom is 0.354 e. The van der Waals surface area contributed by atoms with E-state index in [1.807, 2.05) is 0 Å². The van der Waals surface area contributed by atoms with Gasteiger partial charge in [-0.1, -0.05) is 18.2 Å². The summed E-state index contributed by atoms with van der Waals surface area (Å²) in [5, 5.41) is 8.93. The first-order valence-electron chi connectivity index (χ1n) is 6.33. The summed E-state index contributed by atoms with van der Waals surface area (Å²) in [6.45, 7) is 1.79. The Labute approximate surface area is 122 Å². The highest BCUT2D eigenvalue weighted by molar-refractivity contribution is 6.42. The van der Waals surface area contributed by atoms with Gasteiger partial charge < -0.3 is 20.3 Å². The number of hydrogen-bond acceptors (Lipinski definition) is 6. The van der Waals surface area contributed by atoms with E-state index in [0.29, 0.717) is 11.3 Å². The van der Waals surface area contributed by atoms with Gasteiger partial charge in [-0.25, -0.2) is 4.79 Å². The average Bonchev–Trinajstić information content (AvgIpc) is 2.47. The summed E-state index contributed by atoms with van der Waals surface area (Å²) in [5.41, 5.74) is 5.85. The third-order valence-electron chi connectivity index (χ3n) is 2.66. The molecule has 3 N–H and O–H groups in total. The predicted octanol–water partition coefficient (Wildman–Crippen LogP) is 0.611. The average molecular weight is 294 g/mol. The van der Waals surface area contributed by atoms with Crippen LogP contribution in [0, 0.1) is 0 Å². The molecule has 0 bridgehead atoms. The summed E-state index contributed by atoms with van der Waals surface area (Å²) in [6, 6.07) is 5.55. The van der Waals surface area contributed by atoms with E-state index in [1.165, 1.54) is 7.11 Å². The molecule has 0 radical (unpaired) electrons. The molecule has 0 saturated heterocycles. The summed E-state index contributed by atoms with van der Waals surface area (Å²) in [5.74, 6) is -1.59. The van der Waals surface area contributed by atoms with Gasteiger partial charge in [-0.2, -0.15) is 0 Å². The van der Waals surface area contributed by atoms with Gasteiger partial charge in [0.15, 0.2) is 6.04 Å². The number of benzene rings is 1. The minimum atomic E-state index is -1.53. The molecule has 1 aromatic carbocycles. The number of hydrogen-bond donors (Lipinski definition) is 2. The number of carboxylic acid groups (broad SMARTS) is 1. The van der Waals surface area contributed by atoms with E-state index < -0.39 is 18.0 Å².